The van der Waals surface area contributed by atoms with Crippen molar-refractivity contribution in [2.24, 2.45) is 0 Å². The number of amides is 1. The van der Waals surface area contributed by atoms with E-state index < -0.39 is 0 Å². The van der Waals surface area contributed by atoms with E-state index in [4.69, 9.17) is 5.41 Å². The Morgan fingerprint density at radius 3 is 2.09 bits per heavy atom. The Hall–Kier alpha value is -2.77. The number of aromatic nitrogens is 1. The van der Waals surface area contributed by atoms with Crippen molar-refractivity contribution in [2.75, 3.05) is 10.6 Å². The summed E-state index contributed by atoms with van der Waals surface area (Å²) in [6.07, 6.45) is 2.91. The first-order valence-electron chi connectivity index (χ1n) is 10.00. The lowest BCUT2D eigenvalue weighted by molar-refractivity contribution is 0.102. The third-order valence-electron chi connectivity index (χ3n) is 5.29. The molecule has 1 aromatic heterocycles. The van der Waals surface area contributed by atoms with Gasteiger partial charge >= 0.3 is 0 Å². The number of carbonyl (C=O) groups is 1. The molecule has 0 unspecified atom stereocenters. The van der Waals surface area contributed by atoms with Crippen LogP contribution in [-0.4, -0.2) is 17.1 Å². The van der Waals surface area contributed by atoms with Crippen LogP contribution >= 0.6 is 31.9 Å². The molecule has 0 fully saturated rings. The molecule has 0 spiro atoms. The van der Waals surface area contributed by atoms with Crippen molar-refractivity contribution in [2.45, 2.75) is 27.7 Å². The van der Waals surface area contributed by atoms with Gasteiger partial charge in [0.2, 0.25) is 0 Å². The highest BCUT2D eigenvalue weighted by atomic mass is 79.9. The minimum absolute atomic E-state index is 0.245. The highest BCUT2D eigenvalue weighted by Crippen LogP contribution is 2.34. The molecule has 7 heteroatoms. The molecule has 2 aromatic carbocycles. The van der Waals surface area contributed by atoms with Gasteiger partial charge in [-0.15, -0.1) is 0 Å². The largest absolute Gasteiger partial charge is 0.358 e. The van der Waals surface area contributed by atoms with Crippen LogP contribution in [0.15, 0.2) is 63.3 Å². The number of allylic oxidation sites excluding steroid dienone is 2. The van der Waals surface area contributed by atoms with Crippen molar-refractivity contribution < 1.29 is 4.79 Å². The first-order valence-corrected chi connectivity index (χ1v) is 11.6. The molecule has 1 amide bonds. The molecule has 3 rings (SSSR count). The summed E-state index contributed by atoms with van der Waals surface area (Å²) in [6.45, 7) is 7.90. The topological polar surface area (TPSA) is 77.9 Å². The third-order valence-corrected chi connectivity index (χ3v) is 6.95. The van der Waals surface area contributed by atoms with Crippen LogP contribution in [-0.2, 0) is 0 Å². The zero-order valence-corrected chi connectivity index (χ0v) is 21.5. The van der Waals surface area contributed by atoms with Crippen LogP contribution in [0.25, 0.3) is 11.1 Å². The second kappa shape index (κ2) is 10.2. The summed E-state index contributed by atoms with van der Waals surface area (Å²) in [5.74, 6) is -0.245. The fourth-order valence-electron chi connectivity index (χ4n) is 3.35. The average Bonchev–Trinajstić information content (AvgIpc) is 2.78. The van der Waals surface area contributed by atoms with E-state index in [2.05, 4.69) is 66.5 Å². The summed E-state index contributed by atoms with van der Waals surface area (Å²) in [5.41, 5.74) is 8.05. The molecule has 164 valence electrons. The summed E-state index contributed by atoms with van der Waals surface area (Å²) in [4.78, 5) is 17.0. The molecule has 0 saturated carbocycles. The van der Waals surface area contributed by atoms with Crippen molar-refractivity contribution in [3.63, 3.8) is 0 Å². The summed E-state index contributed by atoms with van der Waals surface area (Å²) in [7, 11) is 0. The quantitative estimate of drug-likeness (QED) is 0.278. The van der Waals surface area contributed by atoms with Gasteiger partial charge in [-0.1, -0.05) is 24.3 Å². The van der Waals surface area contributed by atoms with E-state index in [1.165, 1.54) is 6.21 Å². The second-order valence-electron chi connectivity index (χ2n) is 7.47. The average molecular weight is 556 g/mol. The molecule has 1 heterocycles. The van der Waals surface area contributed by atoms with Gasteiger partial charge in [-0.25, -0.2) is 4.98 Å². The van der Waals surface area contributed by atoms with Crippen LogP contribution in [0.5, 0.6) is 0 Å². The van der Waals surface area contributed by atoms with Crippen LogP contribution in [0.1, 0.15) is 34.1 Å². The van der Waals surface area contributed by atoms with Gasteiger partial charge < -0.3 is 16.0 Å². The molecule has 0 radical (unpaired) electrons. The lowest BCUT2D eigenvalue weighted by Gasteiger charge is -2.17. The number of aryl methyl sites for hydroxylation is 1. The van der Waals surface area contributed by atoms with Crippen molar-refractivity contribution in [3.8, 4) is 11.1 Å². The molecule has 0 saturated heterocycles. The second-order valence-corrected chi connectivity index (χ2v) is 9.18. The summed E-state index contributed by atoms with van der Waals surface area (Å²) in [5, 5.41) is 13.8. The number of halogens is 2. The van der Waals surface area contributed by atoms with Gasteiger partial charge in [-0.05, 0) is 106 Å². The van der Waals surface area contributed by atoms with Gasteiger partial charge in [-0.2, -0.15) is 0 Å². The molecule has 3 N–H and O–H groups in total. The Labute approximate surface area is 205 Å². The molecule has 5 nitrogen and oxygen atoms in total. The molecule has 0 bridgehead atoms. The lowest BCUT2D eigenvalue weighted by atomic mass is 9.94. The predicted octanol–water partition coefficient (Wildman–Crippen LogP) is 7.38. The first-order chi connectivity index (χ1) is 15.2. The summed E-state index contributed by atoms with van der Waals surface area (Å²) >= 11 is 6.80. The zero-order chi connectivity index (χ0) is 23.4. The van der Waals surface area contributed by atoms with Crippen molar-refractivity contribution in [3.05, 3.63) is 85.7 Å². The number of nitrogens with one attached hydrogen (secondary N) is 3. The number of benzene rings is 2. The predicted molar refractivity (Wildman–Crippen MR) is 140 cm³/mol. The summed E-state index contributed by atoms with van der Waals surface area (Å²) in [6, 6.07) is 13.7. The van der Waals surface area contributed by atoms with E-state index in [1.807, 2.05) is 45.0 Å². The molecule has 0 atom stereocenters. The Bertz CT molecular complexity index is 1230. The zero-order valence-electron chi connectivity index (χ0n) is 18.3. The van der Waals surface area contributed by atoms with Gasteiger partial charge in [0.05, 0.1) is 4.48 Å². The standard InChI is InChI=1S/C25H24Br2N4O/c1-14-11-24(29-13-21(14)27)25(32)31-23-10-6-8-19(16(23)3)18-7-5-9-22(15(18)2)30-17(4)20(26)12-28/h5-13,28,30H,1-4H3,(H,31,32)/b20-17+,28-12?. The Balaban J connectivity index is 1.95. The number of pyridine rings is 1. The Morgan fingerprint density at radius 2 is 1.56 bits per heavy atom. The number of hydrogen-bond acceptors (Lipinski definition) is 4. The first kappa shape index (κ1) is 23.9. The van der Waals surface area contributed by atoms with Crippen LogP contribution in [0.2, 0.25) is 0 Å². The van der Waals surface area contributed by atoms with Gasteiger partial charge in [0.25, 0.3) is 5.91 Å². The molecule has 3 aromatic rings. The van der Waals surface area contributed by atoms with Gasteiger partial charge in [-0.3, -0.25) is 4.79 Å². The van der Waals surface area contributed by atoms with Crippen molar-refractivity contribution >= 4 is 55.4 Å². The van der Waals surface area contributed by atoms with Gasteiger partial charge in [0.1, 0.15) is 5.69 Å². The van der Waals surface area contributed by atoms with Crippen LogP contribution in [0.4, 0.5) is 11.4 Å². The van der Waals surface area contributed by atoms with Crippen LogP contribution in [0, 0.1) is 26.2 Å². The minimum Gasteiger partial charge on any atom is -0.358 e. The van der Waals surface area contributed by atoms with Crippen molar-refractivity contribution in [1.82, 2.24) is 4.98 Å². The molecule has 0 aliphatic carbocycles. The maximum absolute atomic E-state index is 12.8. The molecular weight excluding hydrogens is 532 g/mol. The normalized spacial score (nSPS) is 11.6. The number of carbonyl (C=O) groups excluding carboxylic acids is 1. The summed E-state index contributed by atoms with van der Waals surface area (Å²) < 4.78 is 1.56. The van der Waals surface area contributed by atoms with E-state index in [9.17, 15) is 4.79 Å². The van der Waals surface area contributed by atoms with E-state index in [1.54, 1.807) is 12.3 Å². The Morgan fingerprint density at radius 1 is 1.00 bits per heavy atom. The third kappa shape index (κ3) is 5.16. The number of anilines is 2. The van der Waals surface area contributed by atoms with E-state index in [0.29, 0.717) is 10.2 Å². The highest BCUT2D eigenvalue weighted by Gasteiger charge is 2.15. The lowest BCUT2D eigenvalue weighted by Crippen LogP contribution is -2.15. The highest BCUT2D eigenvalue weighted by molar-refractivity contribution is 9.12. The van der Waals surface area contributed by atoms with E-state index in [-0.39, 0.29) is 5.91 Å². The minimum atomic E-state index is -0.245. The Kier molecular flexibility index (Phi) is 7.64. The smallest absolute Gasteiger partial charge is 0.274 e. The van der Waals surface area contributed by atoms with Crippen LogP contribution < -0.4 is 10.6 Å². The van der Waals surface area contributed by atoms with Crippen molar-refractivity contribution in [1.29, 1.82) is 5.41 Å². The van der Waals surface area contributed by atoms with Gasteiger partial charge in [0.15, 0.2) is 0 Å². The maximum Gasteiger partial charge on any atom is 0.274 e. The number of rotatable bonds is 6. The molecule has 0 aliphatic rings. The molecule has 32 heavy (non-hydrogen) atoms. The van der Waals surface area contributed by atoms with E-state index in [0.717, 1.165) is 49.4 Å². The van der Waals surface area contributed by atoms with Crippen LogP contribution in [0.3, 0.4) is 0 Å². The fraction of sp³-hybridized carbons (Fsp3) is 0.160. The van der Waals surface area contributed by atoms with E-state index >= 15 is 0 Å². The maximum atomic E-state index is 12.8. The van der Waals surface area contributed by atoms with Gasteiger partial charge in [0, 0.05) is 34.0 Å². The molecular formula is C25H24Br2N4O. The monoisotopic (exact) mass is 554 g/mol. The number of nitrogens with zero attached hydrogens (tertiary/aromatic N) is 1. The SMILES string of the molecule is C/C(Nc1cccc(-c2cccc(NC(=O)c3cc(C)c(Br)cn3)c2C)c1C)=C(\Br)C=N. The molecule has 0 aliphatic heterocycles. The number of hydrogen-bond donors (Lipinski definition) is 3. The fourth-order valence-corrected chi connectivity index (χ4v) is 3.66.